The summed E-state index contributed by atoms with van der Waals surface area (Å²) in [7, 11) is 0. The second-order valence-corrected chi connectivity index (χ2v) is 14.1. The fourth-order valence-electron chi connectivity index (χ4n) is 8.36. The molecule has 0 aliphatic heterocycles. The van der Waals surface area contributed by atoms with Crippen LogP contribution in [0, 0.1) is 0 Å². The first-order chi connectivity index (χ1) is 25.0. The molecule has 1 heterocycles. The van der Waals surface area contributed by atoms with Crippen LogP contribution in [0.2, 0.25) is 0 Å². The normalized spacial score (nSPS) is 13.1. The lowest BCUT2D eigenvalue weighted by Gasteiger charge is -2.30. The number of nitrogens with zero attached hydrogens (tertiary/aromatic N) is 1. The second-order valence-electron chi connectivity index (χ2n) is 14.1. The Morgan fingerprint density at radius 2 is 1.14 bits per heavy atom. The molecule has 51 heavy (non-hydrogen) atoms. The van der Waals surface area contributed by atoms with Crippen molar-refractivity contribution in [3.63, 3.8) is 0 Å². The first kappa shape index (κ1) is 29.5. The molecule has 2 nitrogen and oxygen atoms in total. The van der Waals surface area contributed by atoms with Crippen molar-refractivity contribution in [3.05, 3.63) is 187 Å². The number of anilines is 3. The Morgan fingerprint density at radius 1 is 0.431 bits per heavy atom. The topological polar surface area (TPSA) is 16.4 Å². The van der Waals surface area contributed by atoms with E-state index >= 15 is 0 Å². The van der Waals surface area contributed by atoms with Gasteiger partial charge in [-0.15, -0.1) is 0 Å². The standard InChI is InChI=1S/C49H35NO/c1-49(2)43-21-10-8-19-39(43)41-31-37(25-26-44(41)49)50(36-17-12-16-34(29-36)32-13-4-3-5-14-32)45-27-23-33-15-6-7-18-38(33)48(45)35-24-28-47-42(30-35)40-20-9-11-22-46(40)51-47/h3-31H,1-2H3. The van der Waals surface area contributed by atoms with Crippen molar-refractivity contribution in [3.8, 4) is 33.4 Å². The molecular weight excluding hydrogens is 619 g/mol. The predicted molar refractivity (Wildman–Crippen MR) is 214 cm³/mol. The Morgan fingerprint density at radius 3 is 2.04 bits per heavy atom. The predicted octanol–water partition coefficient (Wildman–Crippen LogP) is 13.8. The third-order valence-electron chi connectivity index (χ3n) is 10.9. The molecule has 0 spiro atoms. The van der Waals surface area contributed by atoms with Crippen LogP contribution in [0.3, 0.4) is 0 Å². The maximum atomic E-state index is 6.28. The molecule has 0 N–H and O–H groups in total. The van der Waals surface area contributed by atoms with Gasteiger partial charge in [-0.05, 0) is 98.2 Å². The average Bonchev–Trinajstić information content (AvgIpc) is 3.66. The molecule has 9 aromatic rings. The van der Waals surface area contributed by atoms with E-state index in [0.717, 1.165) is 44.6 Å². The molecule has 0 saturated heterocycles. The van der Waals surface area contributed by atoms with E-state index < -0.39 is 0 Å². The fraction of sp³-hybridized carbons (Fsp3) is 0.0612. The molecule has 0 amide bonds. The van der Waals surface area contributed by atoms with Crippen LogP contribution in [0.15, 0.2) is 180 Å². The maximum Gasteiger partial charge on any atom is 0.135 e. The van der Waals surface area contributed by atoms with Gasteiger partial charge < -0.3 is 9.32 Å². The summed E-state index contributed by atoms with van der Waals surface area (Å²) in [5, 5.41) is 4.66. The van der Waals surface area contributed by atoms with Gasteiger partial charge in [0.2, 0.25) is 0 Å². The summed E-state index contributed by atoms with van der Waals surface area (Å²) >= 11 is 0. The van der Waals surface area contributed by atoms with E-state index in [0.29, 0.717) is 0 Å². The van der Waals surface area contributed by atoms with Crippen molar-refractivity contribution in [2.75, 3.05) is 4.90 Å². The van der Waals surface area contributed by atoms with Gasteiger partial charge in [-0.3, -0.25) is 0 Å². The maximum absolute atomic E-state index is 6.28. The number of benzene rings is 8. The molecule has 10 rings (SSSR count). The summed E-state index contributed by atoms with van der Waals surface area (Å²) in [6.45, 7) is 4.69. The average molecular weight is 654 g/mol. The van der Waals surface area contributed by atoms with Crippen molar-refractivity contribution >= 4 is 49.8 Å². The summed E-state index contributed by atoms with van der Waals surface area (Å²) in [6, 6.07) is 63.9. The highest BCUT2D eigenvalue weighted by molar-refractivity contribution is 6.10. The molecule has 1 aromatic heterocycles. The number of furan rings is 1. The van der Waals surface area contributed by atoms with Crippen molar-refractivity contribution in [1.29, 1.82) is 0 Å². The Hall–Kier alpha value is -6.38. The van der Waals surface area contributed by atoms with Crippen LogP contribution < -0.4 is 4.90 Å². The Labute approximate surface area is 297 Å². The summed E-state index contributed by atoms with van der Waals surface area (Å²) in [5.41, 5.74) is 15.1. The van der Waals surface area contributed by atoms with E-state index in [1.807, 2.05) is 12.1 Å². The highest BCUT2D eigenvalue weighted by Gasteiger charge is 2.35. The molecule has 1 aliphatic rings. The van der Waals surface area contributed by atoms with Gasteiger partial charge in [-0.2, -0.15) is 0 Å². The molecule has 242 valence electrons. The lowest BCUT2D eigenvalue weighted by atomic mass is 9.82. The molecule has 2 heteroatoms. The number of fused-ring (bicyclic) bond motifs is 7. The molecule has 1 aliphatic carbocycles. The number of hydrogen-bond donors (Lipinski definition) is 0. The van der Waals surface area contributed by atoms with Crippen LogP contribution >= 0.6 is 0 Å². The zero-order valence-electron chi connectivity index (χ0n) is 28.6. The number of hydrogen-bond acceptors (Lipinski definition) is 2. The van der Waals surface area contributed by atoms with Crippen LogP contribution in [0.1, 0.15) is 25.0 Å². The Bertz CT molecular complexity index is 2790. The van der Waals surface area contributed by atoms with Crippen molar-refractivity contribution in [1.82, 2.24) is 0 Å². The minimum absolute atomic E-state index is 0.0700. The molecule has 0 radical (unpaired) electrons. The first-order valence-electron chi connectivity index (χ1n) is 17.7. The molecule has 0 unspecified atom stereocenters. The van der Waals surface area contributed by atoms with Crippen LogP contribution in [0.25, 0.3) is 66.1 Å². The third kappa shape index (κ3) is 4.64. The van der Waals surface area contributed by atoms with Gasteiger partial charge in [-0.25, -0.2) is 0 Å². The van der Waals surface area contributed by atoms with Gasteiger partial charge in [0.1, 0.15) is 11.2 Å². The molecule has 0 atom stereocenters. The van der Waals surface area contributed by atoms with Crippen LogP contribution in [0.4, 0.5) is 17.1 Å². The highest BCUT2D eigenvalue weighted by atomic mass is 16.3. The van der Waals surface area contributed by atoms with E-state index in [1.54, 1.807) is 0 Å². The summed E-state index contributed by atoms with van der Waals surface area (Å²) < 4.78 is 6.28. The Balaban J connectivity index is 1.26. The lowest BCUT2D eigenvalue weighted by Crippen LogP contribution is -2.15. The zero-order chi connectivity index (χ0) is 34.1. The van der Waals surface area contributed by atoms with Gasteiger partial charge >= 0.3 is 0 Å². The van der Waals surface area contributed by atoms with Gasteiger partial charge in [0, 0.05) is 33.1 Å². The van der Waals surface area contributed by atoms with Crippen molar-refractivity contribution in [2.24, 2.45) is 0 Å². The molecule has 0 saturated carbocycles. The zero-order valence-corrected chi connectivity index (χ0v) is 28.6. The summed E-state index contributed by atoms with van der Waals surface area (Å²) in [5.74, 6) is 0. The minimum Gasteiger partial charge on any atom is -0.456 e. The van der Waals surface area contributed by atoms with Gasteiger partial charge in [-0.1, -0.05) is 141 Å². The quantitative estimate of drug-likeness (QED) is 0.184. The van der Waals surface area contributed by atoms with E-state index in [9.17, 15) is 0 Å². The molecule has 0 bridgehead atoms. The largest absolute Gasteiger partial charge is 0.456 e. The summed E-state index contributed by atoms with van der Waals surface area (Å²) in [4.78, 5) is 2.46. The van der Waals surface area contributed by atoms with Crippen LogP contribution in [0.5, 0.6) is 0 Å². The second kappa shape index (κ2) is 11.3. The van der Waals surface area contributed by atoms with Crippen molar-refractivity contribution < 1.29 is 4.42 Å². The van der Waals surface area contributed by atoms with E-state index in [-0.39, 0.29) is 5.41 Å². The third-order valence-corrected chi connectivity index (χ3v) is 10.9. The van der Waals surface area contributed by atoms with E-state index in [1.165, 1.54) is 49.7 Å². The summed E-state index contributed by atoms with van der Waals surface area (Å²) in [6.07, 6.45) is 0. The Kier molecular flexibility index (Phi) is 6.56. The van der Waals surface area contributed by atoms with Crippen molar-refractivity contribution in [2.45, 2.75) is 19.3 Å². The van der Waals surface area contributed by atoms with Gasteiger partial charge in [0.25, 0.3) is 0 Å². The fourth-order valence-corrected chi connectivity index (χ4v) is 8.36. The monoisotopic (exact) mass is 653 g/mol. The van der Waals surface area contributed by atoms with Crippen LogP contribution in [-0.2, 0) is 5.41 Å². The van der Waals surface area contributed by atoms with Gasteiger partial charge in [0.15, 0.2) is 0 Å². The lowest BCUT2D eigenvalue weighted by molar-refractivity contribution is 0.660. The van der Waals surface area contributed by atoms with Gasteiger partial charge in [0.05, 0.1) is 5.69 Å². The number of para-hydroxylation sites is 1. The number of rotatable bonds is 5. The molecule has 0 fully saturated rings. The van der Waals surface area contributed by atoms with E-state index in [4.69, 9.17) is 4.42 Å². The van der Waals surface area contributed by atoms with E-state index in [2.05, 4.69) is 183 Å². The minimum atomic E-state index is -0.0700. The molecular formula is C49H35NO. The smallest absolute Gasteiger partial charge is 0.135 e. The molecule has 8 aromatic carbocycles. The first-order valence-corrected chi connectivity index (χ1v) is 17.7. The van der Waals surface area contributed by atoms with Crippen LogP contribution in [-0.4, -0.2) is 0 Å². The highest BCUT2D eigenvalue weighted by Crippen LogP contribution is 2.52. The SMILES string of the molecule is CC1(C)c2ccccc2-c2cc(N(c3cccc(-c4ccccc4)c3)c3ccc4ccccc4c3-c3ccc4oc5ccccc5c4c3)ccc21.